The molecule has 1 aliphatic heterocycles. The largest absolute Gasteiger partial charge is 0.286 e. The van der Waals surface area contributed by atoms with Crippen LogP contribution >= 0.6 is 0 Å². The number of amides is 1. The highest BCUT2D eigenvalue weighted by molar-refractivity contribution is 5.87. The van der Waals surface area contributed by atoms with Crippen LogP contribution < -0.4 is 0 Å². The highest BCUT2D eigenvalue weighted by atomic mass is 16.5. The highest BCUT2D eigenvalue weighted by Crippen LogP contribution is 2.27. The first-order valence-electron chi connectivity index (χ1n) is 4.21. The first-order chi connectivity index (χ1) is 6.74. The van der Waals surface area contributed by atoms with Crippen LogP contribution in [0.4, 0.5) is 0 Å². The number of rotatable bonds is 0. The van der Waals surface area contributed by atoms with Gasteiger partial charge in [0.15, 0.2) is 5.92 Å². The van der Waals surface area contributed by atoms with Crippen molar-refractivity contribution in [2.24, 2.45) is 0 Å². The maximum atomic E-state index is 11.4. The zero-order valence-electron chi connectivity index (χ0n) is 7.34. The first-order valence-corrected chi connectivity index (χ1v) is 4.21. The third kappa shape index (κ3) is 1.15. The third-order valence-electron chi connectivity index (χ3n) is 2.32. The van der Waals surface area contributed by atoms with Gasteiger partial charge < -0.3 is 0 Å². The van der Waals surface area contributed by atoms with E-state index in [1.807, 2.05) is 12.1 Å². The summed E-state index contributed by atoms with van der Waals surface area (Å²) in [4.78, 5) is 11.4. The molecule has 70 valence electrons. The van der Waals surface area contributed by atoms with Crippen molar-refractivity contribution in [1.29, 1.82) is 5.26 Å². The molecule has 0 saturated carbocycles. The van der Waals surface area contributed by atoms with Gasteiger partial charge in [-0.2, -0.15) is 5.26 Å². The zero-order valence-corrected chi connectivity index (χ0v) is 7.34. The van der Waals surface area contributed by atoms with E-state index in [0.717, 1.165) is 5.56 Å². The number of hydroxylamine groups is 2. The molecule has 0 aliphatic carbocycles. The van der Waals surface area contributed by atoms with E-state index in [2.05, 4.69) is 0 Å². The third-order valence-corrected chi connectivity index (χ3v) is 2.32. The van der Waals surface area contributed by atoms with Crippen LogP contribution in [-0.2, 0) is 11.3 Å². The lowest BCUT2D eigenvalue weighted by atomic mass is 9.91. The van der Waals surface area contributed by atoms with Crippen LogP contribution in [0, 0.1) is 11.3 Å². The molecule has 2 rings (SSSR count). The summed E-state index contributed by atoms with van der Waals surface area (Å²) in [5.74, 6) is -1.42. The number of nitriles is 1. The van der Waals surface area contributed by atoms with Crippen molar-refractivity contribution in [3.05, 3.63) is 35.4 Å². The van der Waals surface area contributed by atoms with Crippen LogP contribution in [0.5, 0.6) is 0 Å². The molecule has 0 radical (unpaired) electrons. The average molecular weight is 188 g/mol. The van der Waals surface area contributed by atoms with Gasteiger partial charge in [0.2, 0.25) is 0 Å². The SMILES string of the molecule is N#CC1C(=O)N(O)Cc2ccccc21. The number of hydrogen-bond acceptors (Lipinski definition) is 3. The average Bonchev–Trinajstić information content (AvgIpc) is 2.20. The fourth-order valence-corrected chi connectivity index (χ4v) is 1.61. The van der Waals surface area contributed by atoms with Crippen molar-refractivity contribution in [3.63, 3.8) is 0 Å². The van der Waals surface area contributed by atoms with E-state index in [4.69, 9.17) is 5.26 Å². The summed E-state index contributed by atoms with van der Waals surface area (Å²) >= 11 is 0. The normalized spacial score (nSPS) is 20.1. The van der Waals surface area contributed by atoms with Crippen molar-refractivity contribution in [2.45, 2.75) is 12.5 Å². The Labute approximate surface area is 80.9 Å². The minimum absolute atomic E-state index is 0.160. The quantitative estimate of drug-likeness (QED) is 0.618. The van der Waals surface area contributed by atoms with E-state index < -0.39 is 11.8 Å². The lowest BCUT2D eigenvalue weighted by Crippen LogP contribution is -2.36. The molecule has 1 aromatic carbocycles. The van der Waals surface area contributed by atoms with E-state index in [9.17, 15) is 10.0 Å². The van der Waals surface area contributed by atoms with Gasteiger partial charge in [0.1, 0.15) is 0 Å². The van der Waals surface area contributed by atoms with Gasteiger partial charge in [0.05, 0.1) is 12.6 Å². The number of benzene rings is 1. The highest BCUT2D eigenvalue weighted by Gasteiger charge is 2.32. The maximum Gasteiger partial charge on any atom is 0.268 e. The van der Waals surface area contributed by atoms with Crippen LogP contribution in [0.2, 0.25) is 0 Å². The van der Waals surface area contributed by atoms with E-state index >= 15 is 0 Å². The summed E-state index contributed by atoms with van der Waals surface area (Å²) in [6, 6.07) is 9.03. The van der Waals surface area contributed by atoms with Gasteiger partial charge in [-0.3, -0.25) is 10.0 Å². The Morgan fingerprint density at radius 1 is 1.50 bits per heavy atom. The molecule has 1 aromatic rings. The second-order valence-electron chi connectivity index (χ2n) is 3.16. The first kappa shape index (κ1) is 8.73. The minimum atomic E-state index is -0.870. The van der Waals surface area contributed by atoms with Crippen LogP contribution in [0.15, 0.2) is 24.3 Å². The number of carbonyl (C=O) groups excluding carboxylic acids is 1. The van der Waals surface area contributed by atoms with Gasteiger partial charge in [0, 0.05) is 0 Å². The Morgan fingerprint density at radius 3 is 2.93 bits per heavy atom. The standard InChI is InChI=1S/C10H8N2O2/c11-5-9-8-4-2-1-3-7(8)6-12(14)10(9)13/h1-4,9,14H,6H2. The summed E-state index contributed by atoms with van der Waals surface area (Å²) in [6.07, 6.45) is 0. The lowest BCUT2D eigenvalue weighted by Gasteiger charge is -2.26. The summed E-state index contributed by atoms with van der Waals surface area (Å²) in [6.45, 7) is 0.160. The summed E-state index contributed by atoms with van der Waals surface area (Å²) in [5.41, 5.74) is 1.52. The lowest BCUT2D eigenvalue weighted by molar-refractivity contribution is -0.170. The molecule has 1 atom stereocenters. The summed E-state index contributed by atoms with van der Waals surface area (Å²) in [5, 5.41) is 18.7. The smallest absolute Gasteiger partial charge is 0.268 e. The molecule has 1 aliphatic rings. The number of hydrogen-bond donors (Lipinski definition) is 1. The zero-order chi connectivity index (χ0) is 10.1. The number of carbonyl (C=O) groups is 1. The van der Waals surface area contributed by atoms with Gasteiger partial charge in [-0.25, -0.2) is 5.06 Å². The fraction of sp³-hybridized carbons (Fsp3) is 0.200. The Bertz CT molecular complexity index is 422. The van der Waals surface area contributed by atoms with Crippen molar-refractivity contribution < 1.29 is 10.0 Å². The number of fused-ring (bicyclic) bond motifs is 1. The second kappa shape index (κ2) is 3.13. The molecule has 0 saturated heterocycles. The van der Waals surface area contributed by atoms with E-state index in [0.29, 0.717) is 10.6 Å². The van der Waals surface area contributed by atoms with Crippen molar-refractivity contribution in [1.82, 2.24) is 5.06 Å². The summed E-state index contributed by atoms with van der Waals surface area (Å²) < 4.78 is 0. The molecular formula is C10H8N2O2. The van der Waals surface area contributed by atoms with Gasteiger partial charge in [-0.05, 0) is 11.1 Å². The van der Waals surface area contributed by atoms with Crippen LogP contribution in [-0.4, -0.2) is 16.2 Å². The Morgan fingerprint density at radius 2 is 2.21 bits per heavy atom. The molecule has 1 heterocycles. The minimum Gasteiger partial charge on any atom is -0.286 e. The van der Waals surface area contributed by atoms with Gasteiger partial charge in [0.25, 0.3) is 5.91 Å². The Balaban J connectivity index is 2.54. The van der Waals surface area contributed by atoms with Gasteiger partial charge >= 0.3 is 0 Å². The predicted octanol–water partition coefficient (Wildman–Crippen LogP) is 1.03. The molecule has 1 unspecified atom stereocenters. The van der Waals surface area contributed by atoms with E-state index in [1.165, 1.54) is 0 Å². The molecule has 4 nitrogen and oxygen atoms in total. The van der Waals surface area contributed by atoms with Crippen molar-refractivity contribution in [2.75, 3.05) is 0 Å². The van der Waals surface area contributed by atoms with Gasteiger partial charge in [-0.15, -0.1) is 0 Å². The van der Waals surface area contributed by atoms with Crippen LogP contribution in [0.1, 0.15) is 17.0 Å². The topological polar surface area (TPSA) is 64.3 Å². The molecule has 0 aromatic heterocycles. The maximum absolute atomic E-state index is 11.4. The predicted molar refractivity (Wildman–Crippen MR) is 47.1 cm³/mol. The Kier molecular flexibility index (Phi) is 1.95. The molecular weight excluding hydrogens is 180 g/mol. The van der Waals surface area contributed by atoms with Gasteiger partial charge in [-0.1, -0.05) is 24.3 Å². The van der Waals surface area contributed by atoms with Crippen molar-refractivity contribution >= 4 is 5.91 Å². The van der Waals surface area contributed by atoms with E-state index in [1.54, 1.807) is 18.2 Å². The van der Waals surface area contributed by atoms with Crippen LogP contribution in [0.3, 0.4) is 0 Å². The summed E-state index contributed by atoms with van der Waals surface area (Å²) in [7, 11) is 0. The second-order valence-corrected chi connectivity index (χ2v) is 3.16. The number of nitrogens with zero attached hydrogens (tertiary/aromatic N) is 2. The molecule has 14 heavy (non-hydrogen) atoms. The van der Waals surface area contributed by atoms with Crippen molar-refractivity contribution in [3.8, 4) is 6.07 Å². The molecule has 1 amide bonds. The molecule has 0 spiro atoms. The Hall–Kier alpha value is -1.86. The monoisotopic (exact) mass is 188 g/mol. The van der Waals surface area contributed by atoms with Crippen LogP contribution in [0.25, 0.3) is 0 Å². The molecule has 4 heteroatoms. The molecule has 1 N–H and O–H groups in total. The molecule has 0 fully saturated rings. The van der Waals surface area contributed by atoms with E-state index in [-0.39, 0.29) is 6.54 Å². The molecule has 0 bridgehead atoms. The fourth-order valence-electron chi connectivity index (χ4n) is 1.61.